The molecule has 64 heavy (non-hydrogen) atoms. The molecule has 1 aliphatic carbocycles. The van der Waals surface area contributed by atoms with Crippen molar-refractivity contribution in [3.05, 3.63) is 54.0 Å². The summed E-state index contributed by atoms with van der Waals surface area (Å²) in [6, 6.07) is 9.15. The van der Waals surface area contributed by atoms with E-state index < -0.39 is 23.3 Å². The monoisotopic (exact) mass is 882 g/mol. The average molecular weight is 883 g/mol. The molecule has 5 aliphatic rings. The quantitative estimate of drug-likeness (QED) is 0.151. The second-order valence-electron chi connectivity index (χ2n) is 17.7. The van der Waals surface area contributed by atoms with Crippen molar-refractivity contribution in [2.75, 3.05) is 72.3 Å². The standard InChI is InChI=1S/C46H59FN10O7/c1-4-35-44(63)54(2)37-27-48-45(52-40(37)57(35)31-7-5-6-8-31)50-33-11-9-29(25-38(33)64-3)41(60)53-46(19-24-58)17-22-56(23-18-46)43(62)28-15-20-55(21-16-28)36-13-10-30(26-32(36)47)49-34-12-14-39(59)51-42(34)61/h9-11,13,25-28,31,34-35,49,58H,4-8,12,14-24H2,1-3H3,(H,53,60)(H,48,50,52)(H,51,59,61)/t34?,35-/m1/s1. The maximum Gasteiger partial charge on any atom is 0.251 e. The van der Waals surface area contributed by atoms with Gasteiger partial charge in [-0.05, 0) is 94.2 Å². The number of nitrogens with one attached hydrogen (secondary N) is 4. The van der Waals surface area contributed by atoms with Gasteiger partial charge in [-0.2, -0.15) is 4.98 Å². The van der Waals surface area contributed by atoms with Crippen LogP contribution in [-0.2, 0) is 19.2 Å². The number of amides is 5. The fourth-order valence-corrected chi connectivity index (χ4v) is 10.1. The summed E-state index contributed by atoms with van der Waals surface area (Å²) in [5.41, 5.74) is 1.75. The summed E-state index contributed by atoms with van der Waals surface area (Å²) in [6.07, 6.45) is 9.53. The number of piperidine rings is 3. The Kier molecular flexibility index (Phi) is 13.2. The van der Waals surface area contributed by atoms with Crippen molar-refractivity contribution in [1.29, 1.82) is 0 Å². The molecule has 3 saturated heterocycles. The van der Waals surface area contributed by atoms with Gasteiger partial charge < -0.3 is 45.4 Å². The predicted molar refractivity (Wildman–Crippen MR) is 239 cm³/mol. The number of methoxy groups -OCH3 is 1. The largest absolute Gasteiger partial charge is 0.495 e. The van der Waals surface area contributed by atoms with Crippen LogP contribution < -0.4 is 40.7 Å². The Morgan fingerprint density at radius 1 is 0.984 bits per heavy atom. The van der Waals surface area contributed by atoms with E-state index in [1.807, 2.05) is 16.7 Å². The third-order valence-corrected chi connectivity index (χ3v) is 13.8. The lowest BCUT2D eigenvalue weighted by Crippen LogP contribution is -2.57. The van der Waals surface area contributed by atoms with Crippen LogP contribution in [-0.4, -0.2) is 120 Å². The van der Waals surface area contributed by atoms with Crippen LogP contribution in [0.25, 0.3) is 0 Å². The fraction of sp³-hybridized carbons (Fsp3) is 0.543. The fourth-order valence-electron chi connectivity index (χ4n) is 10.1. The number of likely N-dealkylation sites (N-methyl/N-ethyl adjacent to an activating group) is 1. The smallest absolute Gasteiger partial charge is 0.251 e. The second kappa shape index (κ2) is 19.0. The number of nitrogens with zero attached hydrogens (tertiary/aromatic N) is 6. The number of imide groups is 1. The molecule has 5 amide bonds. The van der Waals surface area contributed by atoms with E-state index in [9.17, 15) is 29.1 Å². The van der Waals surface area contributed by atoms with Crippen LogP contribution in [0.15, 0.2) is 42.6 Å². The van der Waals surface area contributed by atoms with Gasteiger partial charge in [-0.1, -0.05) is 19.8 Å². The Bertz CT molecular complexity index is 2260. The number of aliphatic hydroxyl groups excluding tert-OH is 1. The van der Waals surface area contributed by atoms with E-state index in [4.69, 9.17) is 9.72 Å². The molecule has 0 spiro atoms. The molecule has 2 atom stereocenters. The van der Waals surface area contributed by atoms with Crippen molar-refractivity contribution in [1.82, 2.24) is 25.5 Å². The molecule has 2 aromatic carbocycles. The second-order valence-corrected chi connectivity index (χ2v) is 17.7. The number of rotatable bonds is 13. The highest BCUT2D eigenvalue weighted by molar-refractivity contribution is 6.04. The summed E-state index contributed by atoms with van der Waals surface area (Å²) in [5.74, 6) is -0.169. The van der Waals surface area contributed by atoms with Crippen LogP contribution in [0.4, 0.5) is 38.9 Å². The van der Waals surface area contributed by atoms with E-state index in [0.29, 0.717) is 111 Å². The van der Waals surface area contributed by atoms with Crippen molar-refractivity contribution in [3.63, 3.8) is 0 Å². The minimum Gasteiger partial charge on any atom is -0.495 e. The number of halogens is 1. The zero-order valence-corrected chi connectivity index (χ0v) is 36.8. The first kappa shape index (κ1) is 44.6. The van der Waals surface area contributed by atoms with E-state index >= 15 is 4.39 Å². The van der Waals surface area contributed by atoms with Gasteiger partial charge in [0.25, 0.3) is 5.91 Å². The van der Waals surface area contributed by atoms with E-state index in [1.54, 1.807) is 48.5 Å². The van der Waals surface area contributed by atoms with Crippen LogP contribution in [0.3, 0.4) is 0 Å². The molecular weight excluding hydrogens is 824 g/mol. The number of fused-ring (bicyclic) bond motifs is 1. The number of hydrogen-bond acceptors (Lipinski definition) is 13. The van der Waals surface area contributed by atoms with Crippen molar-refractivity contribution < 1.29 is 38.2 Å². The number of aromatic nitrogens is 2. The average Bonchev–Trinajstić information content (AvgIpc) is 3.83. The van der Waals surface area contributed by atoms with Crippen LogP contribution in [0.1, 0.15) is 94.3 Å². The molecule has 1 saturated carbocycles. The zero-order valence-electron chi connectivity index (χ0n) is 36.8. The molecule has 17 nitrogen and oxygen atoms in total. The van der Waals surface area contributed by atoms with Gasteiger partial charge in [0.15, 0.2) is 5.82 Å². The van der Waals surface area contributed by atoms with Crippen LogP contribution in [0.2, 0.25) is 0 Å². The number of carbonyl (C=O) groups excluding carboxylic acids is 5. The van der Waals surface area contributed by atoms with Crippen LogP contribution in [0, 0.1) is 11.7 Å². The van der Waals surface area contributed by atoms with Crippen molar-refractivity contribution in [2.24, 2.45) is 5.92 Å². The molecule has 1 aromatic heterocycles. The first-order chi connectivity index (χ1) is 30.9. The molecule has 3 aromatic rings. The molecule has 4 fully saturated rings. The molecule has 342 valence electrons. The molecule has 5 N–H and O–H groups in total. The van der Waals surface area contributed by atoms with Crippen molar-refractivity contribution >= 4 is 64.1 Å². The topological polar surface area (TPSA) is 202 Å². The number of anilines is 6. The highest BCUT2D eigenvalue weighted by Gasteiger charge is 2.42. The Morgan fingerprint density at radius 2 is 1.73 bits per heavy atom. The van der Waals surface area contributed by atoms with Gasteiger partial charge in [-0.25, -0.2) is 9.37 Å². The maximum atomic E-state index is 15.3. The first-order valence-electron chi connectivity index (χ1n) is 22.7. The van der Waals surface area contributed by atoms with Crippen LogP contribution in [0.5, 0.6) is 5.75 Å². The highest BCUT2D eigenvalue weighted by atomic mass is 19.1. The molecular formula is C46H59FN10O7. The Labute approximate surface area is 372 Å². The highest BCUT2D eigenvalue weighted by Crippen LogP contribution is 2.41. The third-order valence-electron chi connectivity index (χ3n) is 13.8. The summed E-state index contributed by atoms with van der Waals surface area (Å²) in [5, 5.41) is 21.9. The zero-order chi connectivity index (χ0) is 45.1. The SMILES string of the molecule is CC[C@@H]1C(=O)N(C)c2cnc(Nc3ccc(C(=O)NC4(CCO)CCN(C(=O)C5CCN(c6ccc(NC7CCC(=O)NC7=O)cc6F)CC5)CC4)cc3OC)nc2N1C1CCCC1. The number of likely N-dealkylation sites (tertiary alicyclic amines) is 1. The van der Waals surface area contributed by atoms with E-state index in [2.05, 4.69) is 31.2 Å². The minimum atomic E-state index is -0.722. The lowest BCUT2D eigenvalue weighted by atomic mass is 9.83. The Morgan fingerprint density at radius 3 is 2.41 bits per heavy atom. The van der Waals surface area contributed by atoms with Gasteiger partial charge in [0.2, 0.25) is 29.6 Å². The van der Waals surface area contributed by atoms with E-state index in [-0.39, 0.29) is 54.7 Å². The lowest BCUT2D eigenvalue weighted by molar-refractivity contribution is -0.138. The van der Waals surface area contributed by atoms with Gasteiger partial charge in [0.1, 0.15) is 29.3 Å². The normalized spacial score (nSPS) is 21.7. The van der Waals surface area contributed by atoms with Gasteiger partial charge >= 0.3 is 0 Å². The van der Waals surface area contributed by atoms with Gasteiger partial charge in [0, 0.05) is 75.0 Å². The number of ether oxygens (including phenoxy) is 1. The Hall–Kier alpha value is -6.04. The number of benzene rings is 2. The summed E-state index contributed by atoms with van der Waals surface area (Å²) in [4.78, 5) is 81.7. The van der Waals surface area contributed by atoms with Crippen molar-refractivity contribution in [3.8, 4) is 5.75 Å². The molecule has 8 rings (SSSR count). The van der Waals surface area contributed by atoms with E-state index in [1.165, 1.54) is 13.2 Å². The molecule has 5 heterocycles. The molecule has 18 heteroatoms. The first-order valence-corrected chi connectivity index (χ1v) is 22.7. The van der Waals surface area contributed by atoms with Gasteiger partial charge in [-0.15, -0.1) is 0 Å². The lowest BCUT2D eigenvalue weighted by Gasteiger charge is -2.44. The number of hydrogen-bond donors (Lipinski definition) is 5. The van der Waals surface area contributed by atoms with Gasteiger partial charge in [-0.3, -0.25) is 29.3 Å². The minimum absolute atomic E-state index is 0.0405. The van der Waals surface area contributed by atoms with Gasteiger partial charge in [0.05, 0.1) is 24.7 Å². The Balaban J connectivity index is 0.863. The molecule has 0 bridgehead atoms. The maximum absolute atomic E-state index is 15.3. The predicted octanol–water partition coefficient (Wildman–Crippen LogP) is 4.48. The van der Waals surface area contributed by atoms with Crippen molar-refractivity contribution in [2.45, 2.75) is 108 Å². The third kappa shape index (κ3) is 9.14. The number of carbonyl (C=O) groups is 5. The molecule has 4 aliphatic heterocycles. The summed E-state index contributed by atoms with van der Waals surface area (Å²) < 4.78 is 21.1. The summed E-state index contributed by atoms with van der Waals surface area (Å²) >= 11 is 0. The van der Waals surface area contributed by atoms with E-state index in [0.717, 1.165) is 31.5 Å². The summed E-state index contributed by atoms with van der Waals surface area (Å²) in [6.45, 7) is 3.74. The summed E-state index contributed by atoms with van der Waals surface area (Å²) in [7, 11) is 3.29. The van der Waals surface area contributed by atoms with Crippen LogP contribution >= 0.6 is 0 Å². The number of aliphatic hydroxyl groups is 1. The molecule has 0 radical (unpaired) electrons. The molecule has 1 unspecified atom stereocenters.